The van der Waals surface area contributed by atoms with Crippen molar-refractivity contribution in [1.29, 1.82) is 0 Å². The Labute approximate surface area is 213 Å². The van der Waals surface area contributed by atoms with Gasteiger partial charge in [-0.05, 0) is 25.2 Å². The van der Waals surface area contributed by atoms with E-state index in [1.165, 1.54) is 12.5 Å². The van der Waals surface area contributed by atoms with Crippen LogP contribution >= 0.6 is 0 Å². The molecular weight excluding hydrogens is 490 g/mol. The minimum atomic E-state index is -1.50. The number of carbonyl (C=O) groups is 6. The van der Waals surface area contributed by atoms with Crippen LogP contribution < -0.4 is 27.4 Å². The van der Waals surface area contributed by atoms with E-state index in [4.69, 9.17) is 16.6 Å². The van der Waals surface area contributed by atoms with Crippen LogP contribution in [0.15, 0.2) is 12.5 Å². The molecule has 1 aromatic rings. The molecule has 0 radical (unpaired) electrons. The Kier molecular flexibility index (Phi) is 12.7. The molecule has 0 spiro atoms. The van der Waals surface area contributed by atoms with Crippen LogP contribution in [0.2, 0.25) is 0 Å². The van der Waals surface area contributed by atoms with E-state index >= 15 is 0 Å². The average Bonchev–Trinajstić information content (AvgIpc) is 3.30. The number of nitrogens with zero attached hydrogens (tertiary/aromatic N) is 1. The van der Waals surface area contributed by atoms with Crippen molar-refractivity contribution in [3.05, 3.63) is 18.2 Å². The number of carbonyl (C=O) groups excluding carboxylic acids is 4. The number of H-pyrrole nitrogens is 1. The Morgan fingerprint density at radius 3 is 2.00 bits per heavy atom. The Morgan fingerprint density at radius 1 is 0.919 bits per heavy atom. The number of nitrogens with one attached hydrogen (secondary N) is 4. The second kappa shape index (κ2) is 15.2. The summed E-state index contributed by atoms with van der Waals surface area (Å²) < 4.78 is 0. The van der Waals surface area contributed by atoms with Crippen molar-refractivity contribution in [2.45, 2.75) is 76.5 Å². The molecule has 10 N–H and O–H groups in total. The van der Waals surface area contributed by atoms with Gasteiger partial charge in [0, 0.05) is 31.2 Å². The number of nitrogens with two attached hydrogens (primary N) is 2. The molecule has 4 amide bonds. The third-order valence-electron chi connectivity index (χ3n) is 5.25. The number of aliphatic carboxylic acids is 2. The van der Waals surface area contributed by atoms with Gasteiger partial charge >= 0.3 is 11.9 Å². The quantitative estimate of drug-likeness (QED) is 0.111. The number of hydrogen-bond acceptors (Lipinski definition) is 8. The maximum Gasteiger partial charge on any atom is 0.326 e. The normalized spacial score (nSPS) is 14.2. The SMILES string of the molecule is CC(C)CC(N)C(=O)NC(Cc1cnc[nH]1)C(=O)NC(CCC(=O)O)C(=O)NC(CCC(N)=O)C(=O)O. The zero-order valence-electron chi connectivity index (χ0n) is 20.7. The van der Waals surface area contributed by atoms with E-state index in [0.29, 0.717) is 12.1 Å². The van der Waals surface area contributed by atoms with Crippen LogP contribution in [0.5, 0.6) is 0 Å². The smallest absolute Gasteiger partial charge is 0.326 e. The fraction of sp³-hybridized carbons (Fsp3) is 0.591. The number of rotatable bonds is 17. The van der Waals surface area contributed by atoms with E-state index in [2.05, 4.69) is 25.9 Å². The summed E-state index contributed by atoms with van der Waals surface area (Å²) >= 11 is 0. The first-order chi connectivity index (χ1) is 17.3. The van der Waals surface area contributed by atoms with E-state index in [1.54, 1.807) is 0 Å². The number of amides is 4. The number of carboxylic acid groups (broad SMARTS) is 2. The van der Waals surface area contributed by atoms with Crippen LogP contribution in [0.25, 0.3) is 0 Å². The maximum absolute atomic E-state index is 13.1. The molecule has 15 heteroatoms. The Morgan fingerprint density at radius 2 is 1.49 bits per heavy atom. The fourth-order valence-electron chi connectivity index (χ4n) is 3.34. The minimum Gasteiger partial charge on any atom is -0.481 e. The third-order valence-corrected chi connectivity index (χ3v) is 5.25. The average molecular weight is 526 g/mol. The van der Waals surface area contributed by atoms with E-state index in [-0.39, 0.29) is 31.6 Å². The van der Waals surface area contributed by atoms with Gasteiger partial charge in [0.15, 0.2) is 0 Å². The highest BCUT2D eigenvalue weighted by Crippen LogP contribution is 2.07. The lowest BCUT2D eigenvalue weighted by molar-refractivity contribution is -0.143. The van der Waals surface area contributed by atoms with Crippen LogP contribution in [0.1, 0.15) is 51.6 Å². The second-order valence-corrected chi connectivity index (χ2v) is 8.98. The summed E-state index contributed by atoms with van der Waals surface area (Å²) in [5.41, 5.74) is 11.4. The zero-order chi connectivity index (χ0) is 28.1. The summed E-state index contributed by atoms with van der Waals surface area (Å²) in [6.45, 7) is 3.75. The molecule has 4 unspecified atom stereocenters. The van der Waals surface area contributed by atoms with Gasteiger partial charge in [0.1, 0.15) is 18.1 Å². The molecule has 15 nitrogen and oxygen atoms in total. The lowest BCUT2D eigenvalue weighted by Gasteiger charge is -2.25. The van der Waals surface area contributed by atoms with Gasteiger partial charge in [-0.3, -0.25) is 24.0 Å². The lowest BCUT2D eigenvalue weighted by Crippen LogP contribution is -2.57. The van der Waals surface area contributed by atoms with Crippen LogP contribution in [-0.2, 0) is 35.2 Å². The van der Waals surface area contributed by atoms with Gasteiger partial charge in [0.2, 0.25) is 23.6 Å². The molecule has 37 heavy (non-hydrogen) atoms. The molecule has 1 rings (SSSR count). The van der Waals surface area contributed by atoms with Gasteiger partial charge in [0.25, 0.3) is 0 Å². The molecular formula is C22H35N7O8. The van der Waals surface area contributed by atoms with Gasteiger partial charge in [-0.1, -0.05) is 13.8 Å². The number of hydrogen-bond donors (Lipinski definition) is 8. The molecule has 0 bridgehead atoms. The molecule has 0 aliphatic rings. The van der Waals surface area contributed by atoms with Gasteiger partial charge in [-0.15, -0.1) is 0 Å². The molecule has 0 aromatic carbocycles. The van der Waals surface area contributed by atoms with Crippen molar-refractivity contribution in [3.8, 4) is 0 Å². The standard InChI is InChI=1S/C22H35N7O8/c1-11(2)7-13(23)19(33)29-16(8-12-9-25-10-26-12)21(35)27-14(4-6-18(31)32)20(34)28-15(22(36)37)3-5-17(24)30/h9-11,13-16H,3-8,23H2,1-2H3,(H2,24,30)(H,25,26)(H,27,35)(H,28,34)(H,29,33)(H,31,32)(H,36,37). The van der Waals surface area contributed by atoms with Crippen molar-refractivity contribution < 1.29 is 39.0 Å². The highest BCUT2D eigenvalue weighted by atomic mass is 16.4. The van der Waals surface area contributed by atoms with Gasteiger partial charge in [0.05, 0.1) is 12.4 Å². The summed E-state index contributed by atoms with van der Waals surface area (Å²) in [6, 6.07) is -5.07. The summed E-state index contributed by atoms with van der Waals surface area (Å²) in [4.78, 5) is 78.8. The fourth-order valence-corrected chi connectivity index (χ4v) is 3.34. The molecule has 4 atom stereocenters. The molecule has 0 aliphatic carbocycles. The summed E-state index contributed by atoms with van der Waals surface area (Å²) in [7, 11) is 0. The second-order valence-electron chi connectivity index (χ2n) is 8.98. The van der Waals surface area contributed by atoms with Crippen LogP contribution in [0, 0.1) is 5.92 Å². The maximum atomic E-state index is 13.1. The minimum absolute atomic E-state index is 0.0460. The topological polar surface area (TPSA) is 260 Å². The highest BCUT2D eigenvalue weighted by molar-refractivity contribution is 5.94. The first kappa shape index (κ1) is 31.0. The molecule has 0 fully saturated rings. The summed E-state index contributed by atoms with van der Waals surface area (Å²) in [6.07, 6.45) is 1.61. The monoisotopic (exact) mass is 525 g/mol. The molecule has 206 valence electrons. The van der Waals surface area contributed by atoms with Crippen molar-refractivity contribution >= 4 is 35.6 Å². The third kappa shape index (κ3) is 12.0. The Balaban J connectivity index is 3.07. The Hall–Kier alpha value is -4.01. The van der Waals surface area contributed by atoms with Crippen molar-refractivity contribution in [1.82, 2.24) is 25.9 Å². The lowest BCUT2D eigenvalue weighted by atomic mass is 10.0. The summed E-state index contributed by atoms with van der Waals surface area (Å²) in [5.74, 6) is -5.76. The largest absolute Gasteiger partial charge is 0.481 e. The number of carboxylic acids is 2. The highest BCUT2D eigenvalue weighted by Gasteiger charge is 2.31. The van der Waals surface area contributed by atoms with E-state index < -0.39 is 66.2 Å². The predicted octanol–water partition coefficient (Wildman–Crippen LogP) is -2.01. The molecule has 1 aromatic heterocycles. The number of aromatic amines is 1. The van der Waals surface area contributed by atoms with Crippen LogP contribution in [0.4, 0.5) is 0 Å². The first-order valence-electron chi connectivity index (χ1n) is 11.7. The molecule has 0 saturated heterocycles. The van der Waals surface area contributed by atoms with Crippen molar-refractivity contribution in [2.24, 2.45) is 17.4 Å². The van der Waals surface area contributed by atoms with Gasteiger partial charge in [-0.2, -0.15) is 0 Å². The van der Waals surface area contributed by atoms with Crippen molar-refractivity contribution in [3.63, 3.8) is 0 Å². The zero-order valence-corrected chi connectivity index (χ0v) is 20.7. The van der Waals surface area contributed by atoms with E-state index in [1.807, 2.05) is 13.8 Å². The van der Waals surface area contributed by atoms with E-state index in [0.717, 1.165) is 0 Å². The van der Waals surface area contributed by atoms with E-state index in [9.17, 15) is 33.9 Å². The number of imidazole rings is 1. The van der Waals surface area contributed by atoms with Gasteiger partial charge in [-0.25, -0.2) is 9.78 Å². The van der Waals surface area contributed by atoms with Crippen LogP contribution in [0.3, 0.4) is 0 Å². The van der Waals surface area contributed by atoms with Crippen LogP contribution in [-0.4, -0.2) is 79.9 Å². The summed E-state index contributed by atoms with van der Waals surface area (Å²) in [5, 5.41) is 25.5. The predicted molar refractivity (Wildman–Crippen MR) is 128 cm³/mol. The number of primary amides is 1. The molecule has 0 aliphatic heterocycles. The first-order valence-corrected chi connectivity index (χ1v) is 11.7. The number of aromatic nitrogens is 2. The van der Waals surface area contributed by atoms with Gasteiger partial charge < -0.3 is 42.6 Å². The molecule has 1 heterocycles. The Bertz CT molecular complexity index is 951. The van der Waals surface area contributed by atoms with Crippen molar-refractivity contribution in [2.75, 3.05) is 0 Å². The molecule has 0 saturated carbocycles.